The van der Waals surface area contributed by atoms with Crippen molar-refractivity contribution in [2.45, 2.75) is 26.2 Å². The highest BCUT2D eigenvalue weighted by molar-refractivity contribution is 5.95. The van der Waals surface area contributed by atoms with Gasteiger partial charge in [-0.1, -0.05) is 50.2 Å². The summed E-state index contributed by atoms with van der Waals surface area (Å²) < 4.78 is 10.1. The number of nitrogens with zero attached hydrogens (tertiary/aromatic N) is 1. The van der Waals surface area contributed by atoms with E-state index >= 15 is 0 Å². The number of nitrogens with one attached hydrogen (secondary N) is 1. The van der Waals surface area contributed by atoms with Crippen molar-refractivity contribution < 1.29 is 24.0 Å². The summed E-state index contributed by atoms with van der Waals surface area (Å²) in [6, 6.07) is 15.2. The second kappa shape index (κ2) is 8.18. The number of phenolic OH excluding ortho intramolecular Hbond substituents is 1. The second-order valence-corrected chi connectivity index (χ2v) is 7.57. The fourth-order valence-corrected chi connectivity index (χ4v) is 2.53. The van der Waals surface area contributed by atoms with E-state index in [1.807, 2.05) is 20.8 Å². The Morgan fingerprint density at radius 1 is 1.03 bits per heavy atom. The van der Waals surface area contributed by atoms with Gasteiger partial charge in [0.05, 0.1) is 11.3 Å². The van der Waals surface area contributed by atoms with Gasteiger partial charge in [0.1, 0.15) is 5.75 Å². The number of anilines is 1. The molecule has 3 aromatic rings. The zero-order valence-electron chi connectivity index (χ0n) is 16.4. The minimum absolute atomic E-state index is 0.187. The first-order valence-corrected chi connectivity index (χ1v) is 9.06. The summed E-state index contributed by atoms with van der Waals surface area (Å²) in [7, 11) is 0. The molecule has 0 spiro atoms. The van der Waals surface area contributed by atoms with Gasteiger partial charge in [-0.2, -0.15) is 0 Å². The van der Waals surface area contributed by atoms with Crippen LogP contribution >= 0.6 is 0 Å². The molecule has 1 aromatic heterocycles. The van der Waals surface area contributed by atoms with Gasteiger partial charge in [0, 0.05) is 11.5 Å². The van der Waals surface area contributed by atoms with Crippen molar-refractivity contribution in [1.82, 2.24) is 5.16 Å². The Labute approximate surface area is 168 Å². The zero-order valence-corrected chi connectivity index (χ0v) is 16.4. The molecule has 29 heavy (non-hydrogen) atoms. The van der Waals surface area contributed by atoms with E-state index in [9.17, 15) is 14.7 Å². The maximum Gasteiger partial charge on any atom is 0.338 e. The largest absolute Gasteiger partial charge is 0.508 e. The van der Waals surface area contributed by atoms with Crippen molar-refractivity contribution in [3.8, 4) is 16.9 Å². The van der Waals surface area contributed by atoms with Crippen LogP contribution in [0.4, 0.5) is 5.88 Å². The smallest absolute Gasteiger partial charge is 0.338 e. The number of phenols is 1. The first-order valence-electron chi connectivity index (χ1n) is 9.06. The van der Waals surface area contributed by atoms with Crippen LogP contribution < -0.4 is 5.32 Å². The lowest BCUT2D eigenvalue weighted by Gasteiger charge is -2.12. The maximum absolute atomic E-state index is 12.2. The van der Waals surface area contributed by atoms with Gasteiger partial charge in [-0.05, 0) is 35.4 Å². The lowest BCUT2D eigenvalue weighted by atomic mass is 9.92. The molecule has 7 heteroatoms. The summed E-state index contributed by atoms with van der Waals surface area (Å²) in [5, 5.41) is 15.8. The van der Waals surface area contributed by atoms with Crippen molar-refractivity contribution in [1.29, 1.82) is 0 Å². The number of benzene rings is 2. The molecule has 1 heterocycles. The number of ether oxygens (including phenoxy) is 1. The van der Waals surface area contributed by atoms with Crippen LogP contribution in [0.3, 0.4) is 0 Å². The molecule has 0 atom stereocenters. The number of hydrogen-bond donors (Lipinski definition) is 2. The summed E-state index contributed by atoms with van der Waals surface area (Å²) in [4.78, 5) is 24.1. The standard InChI is InChI=1S/C22H22N2O5/c1-22(2,3)18-12-20(29-24-18)23-19(26)13-28-21(27)16-6-4-14(5-7-16)15-8-10-17(25)11-9-15/h4-12,25H,13H2,1-3H3,(H,23,26). The highest BCUT2D eigenvalue weighted by Crippen LogP contribution is 2.24. The molecule has 0 bridgehead atoms. The first kappa shape index (κ1) is 20.1. The molecule has 1 amide bonds. The van der Waals surface area contributed by atoms with Crippen LogP contribution in [0, 0.1) is 0 Å². The van der Waals surface area contributed by atoms with Crippen LogP contribution in [0.2, 0.25) is 0 Å². The van der Waals surface area contributed by atoms with Gasteiger partial charge in [-0.25, -0.2) is 4.79 Å². The zero-order chi connectivity index (χ0) is 21.0. The SMILES string of the molecule is CC(C)(C)c1cc(NC(=O)COC(=O)c2ccc(-c3ccc(O)cc3)cc2)on1. The van der Waals surface area contributed by atoms with Crippen LogP contribution in [-0.4, -0.2) is 28.7 Å². The van der Waals surface area contributed by atoms with Crippen LogP contribution in [0.5, 0.6) is 5.75 Å². The summed E-state index contributed by atoms with van der Waals surface area (Å²) in [5.41, 5.74) is 2.63. The summed E-state index contributed by atoms with van der Waals surface area (Å²) in [6.45, 7) is 5.49. The second-order valence-electron chi connectivity index (χ2n) is 7.57. The third kappa shape index (κ3) is 5.22. The first-order chi connectivity index (χ1) is 13.7. The Kier molecular flexibility index (Phi) is 5.68. The Morgan fingerprint density at radius 2 is 1.62 bits per heavy atom. The molecule has 2 N–H and O–H groups in total. The van der Waals surface area contributed by atoms with Crippen molar-refractivity contribution in [2.75, 3.05) is 11.9 Å². The molecule has 0 radical (unpaired) electrons. The van der Waals surface area contributed by atoms with Crippen LogP contribution in [0.15, 0.2) is 59.1 Å². The van der Waals surface area contributed by atoms with Crippen molar-refractivity contribution in [3.05, 3.63) is 65.9 Å². The van der Waals surface area contributed by atoms with Gasteiger partial charge in [-0.15, -0.1) is 0 Å². The van der Waals surface area contributed by atoms with E-state index in [0.717, 1.165) is 11.1 Å². The molecule has 0 saturated carbocycles. The Balaban J connectivity index is 1.54. The predicted molar refractivity (Wildman–Crippen MR) is 108 cm³/mol. The third-order valence-electron chi connectivity index (χ3n) is 4.20. The van der Waals surface area contributed by atoms with E-state index in [2.05, 4.69) is 10.5 Å². The topological polar surface area (TPSA) is 102 Å². The average molecular weight is 394 g/mol. The molecule has 150 valence electrons. The highest BCUT2D eigenvalue weighted by Gasteiger charge is 2.20. The molecular formula is C22H22N2O5. The van der Waals surface area contributed by atoms with Gasteiger partial charge in [-0.3, -0.25) is 10.1 Å². The molecule has 0 aliphatic carbocycles. The minimum atomic E-state index is -0.606. The third-order valence-corrected chi connectivity index (χ3v) is 4.20. The van der Waals surface area contributed by atoms with Crippen LogP contribution in [0.25, 0.3) is 11.1 Å². The normalized spacial score (nSPS) is 11.1. The van der Waals surface area contributed by atoms with Crippen molar-refractivity contribution in [2.24, 2.45) is 0 Å². The number of carbonyl (C=O) groups excluding carboxylic acids is 2. The molecule has 0 fully saturated rings. The van der Waals surface area contributed by atoms with Gasteiger partial charge in [0.2, 0.25) is 5.88 Å². The number of carbonyl (C=O) groups is 2. The molecule has 0 unspecified atom stereocenters. The van der Waals surface area contributed by atoms with E-state index in [4.69, 9.17) is 9.26 Å². The number of amides is 1. The molecule has 0 aliphatic rings. The Bertz CT molecular complexity index is 999. The molecule has 0 aliphatic heterocycles. The Morgan fingerprint density at radius 3 is 2.17 bits per heavy atom. The molecule has 0 saturated heterocycles. The monoisotopic (exact) mass is 394 g/mol. The maximum atomic E-state index is 12.2. The van der Waals surface area contributed by atoms with E-state index in [1.54, 1.807) is 54.6 Å². The fourth-order valence-electron chi connectivity index (χ4n) is 2.53. The predicted octanol–water partition coefficient (Wildman–Crippen LogP) is 4.14. The Hall–Kier alpha value is -3.61. The lowest BCUT2D eigenvalue weighted by Crippen LogP contribution is -2.20. The fraction of sp³-hybridized carbons (Fsp3) is 0.227. The van der Waals surface area contributed by atoms with Gasteiger partial charge >= 0.3 is 5.97 Å². The van der Waals surface area contributed by atoms with E-state index in [-0.39, 0.29) is 17.0 Å². The van der Waals surface area contributed by atoms with E-state index in [1.165, 1.54) is 0 Å². The number of esters is 1. The quantitative estimate of drug-likeness (QED) is 0.631. The van der Waals surface area contributed by atoms with Crippen LogP contribution in [-0.2, 0) is 14.9 Å². The molecular weight excluding hydrogens is 372 g/mol. The van der Waals surface area contributed by atoms with Crippen molar-refractivity contribution >= 4 is 17.8 Å². The molecule has 3 rings (SSSR count). The van der Waals surface area contributed by atoms with Crippen molar-refractivity contribution in [3.63, 3.8) is 0 Å². The average Bonchev–Trinajstić information content (AvgIpc) is 3.16. The van der Waals surface area contributed by atoms with Gasteiger partial charge in [0.25, 0.3) is 5.91 Å². The van der Waals surface area contributed by atoms with Gasteiger partial charge in [0.15, 0.2) is 6.61 Å². The summed E-state index contributed by atoms with van der Waals surface area (Å²) >= 11 is 0. The van der Waals surface area contributed by atoms with Crippen LogP contribution in [0.1, 0.15) is 36.8 Å². The summed E-state index contributed by atoms with van der Waals surface area (Å²) in [5.74, 6) is -0.734. The minimum Gasteiger partial charge on any atom is -0.508 e. The number of aromatic hydroxyl groups is 1. The van der Waals surface area contributed by atoms with E-state index in [0.29, 0.717) is 11.3 Å². The van der Waals surface area contributed by atoms with Gasteiger partial charge < -0.3 is 14.4 Å². The van der Waals surface area contributed by atoms with E-state index < -0.39 is 18.5 Å². The highest BCUT2D eigenvalue weighted by atomic mass is 16.5. The summed E-state index contributed by atoms with van der Waals surface area (Å²) in [6.07, 6.45) is 0. The number of hydrogen-bond acceptors (Lipinski definition) is 6. The molecule has 7 nitrogen and oxygen atoms in total. The number of aromatic nitrogens is 1. The molecule has 2 aromatic carbocycles. The number of rotatable bonds is 5. The lowest BCUT2D eigenvalue weighted by molar-refractivity contribution is -0.119.